The number of fused-ring (bicyclic) bond motifs is 5. The molecular weight excluding hydrogens is 340 g/mol. The smallest absolute Gasteiger partial charge is 0.00556 e. The molecule has 2 heteroatoms. The van der Waals surface area contributed by atoms with Gasteiger partial charge in [-0.2, -0.15) is 24.4 Å². The molecule has 0 aromatic carbocycles. The quantitative estimate of drug-likeness (QED) is 0.497. The maximum atomic E-state index is 5.12. The molecule has 0 amide bonds. The van der Waals surface area contributed by atoms with Gasteiger partial charge in [0.05, 0.1) is 0 Å². The van der Waals surface area contributed by atoms with E-state index in [1.54, 1.807) is 44.9 Å². The molecule has 0 spiro atoms. The molecule has 25 heavy (non-hydrogen) atoms. The minimum absolute atomic E-state index is 0.670. The first kappa shape index (κ1) is 19.0. The van der Waals surface area contributed by atoms with E-state index in [1.165, 1.54) is 31.4 Å². The van der Waals surface area contributed by atoms with Crippen molar-refractivity contribution in [2.45, 2.75) is 95.0 Å². The predicted octanol–water partition coefficient (Wildman–Crippen LogP) is 7.09. The van der Waals surface area contributed by atoms with Gasteiger partial charge < -0.3 is 0 Å². The van der Waals surface area contributed by atoms with Crippen molar-refractivity contribution in [1.82, 2.24) is 0 Å². The topological polar surface area (TPSA) is 0 Å². The second-order valence-corrected chi connectivity index (χ2v) is 12.4. The number of thiol groups is 1. The molecule has 0 saturated heterocycles. The molecular formula is C23H40S2. The van der Waals surface area contributed by atoms with E-state index in [1.807, 2.05) is 0 Å². The van der Waals surface area contributed by atoms with E-state index in [0.29, 0.717) is 5.25 Å². The zero-order valence-corrected chi connectivity index (χ0v) is 18.2. The summed E-state index contributed by atoms with van der Waals surface area (Å²) in [5.41, 5.74) is 0. The SMILES string of the molecule is CC(C)SCCC(S)C1CCC2C1CCC1C3CCCCC3CCC12. The Balaban J connectivity index is 1.37. The Kier molecular flexibility index (Phi) is 6.38. The molecule has 0 aromatic heterocycles. The third-order valence-electron chi connectivity index (χ3n) is 8.61. The standard InChI is InChI=1S/C23H40S2/c1-15(2)25-14-13-23(24)22-12-11-20-19-8-7-16-5-3-4-6-17(16)18(19)9-10-21(20)22/h15-24H,3-14H2,1-2H3. The van der Waals surface area contributed by atoms with Gasteiger partial charge in [0, 0.05) is 5.25 Å². The van der Waals surface area contributed by atoms with E-state index >= 15 is 0 Å². The molecule has 144 valence electrons. The van der Waals surface area contributed by atoms with E-state index in [2.05, 4.69) is 25.6 Å². The normalized spacial score (nSPS) is 44.9. The highest BCUT2D eigenvalue weighted by atomic mass is 32.2. The van der Waals surface area contributed by atoms with Gasteiger partial charge in [-0.25, -0.2) is 0 Å². The molecule has 8 unspecified atom stereocenters. The summed E-state index contributed by atoms with van der Waals surface area (Å²) in [6.07, 6.45) is 16.9. The summed E-state index contributed by atoms with van der Waals surface area (Å²) in [5.74, 6) is 8.84. The predicted molar refractivity (Wildman–Crippen MR) is 116 cm³/mol. The molecule has 4 fully saturated rings. The van der Waals surface area contributed by atoms with Crippen molar-refractivity contribution in [2.24, 2.45) is 41.4 Å². The van der Waals surface area contributed by atoms with Crippen LogP contribution in [0.15, 0.2) is 0 Å². The Morgan fingerprint density at radius 2 is 1.40 bits per heavy atom. The highest BCUT2D eigenvalue weighted by Crippen LogP contribution is 2.60. The molecule has 0 bridgehead atoms. The zero-order valence-electron chi connectivity index (χ0n) is 16.5. The van der Waals surface area contributed by atoms with Gasteiger partial charge in [-0.1, -0.05) is 33.1 Å². The Morgan fingerprint density at radius 3 is 2.24 bits per heavy atom. The molecule has 0 heterocycles. The van der Waals surface area contributed by atoms with Crippen molar-refractivity contribution in [3.8, 4) is 0 Å². The van der Waals surface area contributed by atoms with Gasteiger partial charge in [0.1, 0.15) is 0 Å². The van der Waals surface area contributed by atoms with Gasteiger partial charge >= 0.3 is 0 Å². The fourth-order valence-electron chi connectivity index (χ4n) is 7.65. The summed E-state index contributed by atoms with van der Waals surface area (Å²) >= 11 is 7.25. The van der Waals surface area contributed by atoms with Crippen molar-refractivity contribution in [3.05, 3.63) is 0 Å². The van der Waals surface area contributed by atoms with Gasteiger partial charge in [0.2, 0.25) is 0 Å². The van der Waals surface area contributed by atoms with Crippen molar-refractivity contribution in [3.63, 3.8) is 0 Å². The third kappa shape index (κ3) is 3.96. The van der Waals surface area contributed by atoms with Crippen molar-refractivity contribution in [2.75, 3.05) is 5.75 Å². The van der Waals surface area contributed by atoms with Gasteiger partial charge in [0.15, 0.2) is 0 Å². The van der Waals surface area contributed by atoms with Crippen LogP contribution in [-0.2, 0) is 0 Å². The van der Waals surface area contributed by atoms with Crippen molar-refractivity contribution >= 4 is 24.4 Å². The maximum Gasteiger partial charge on any atom is 0.00556 e. The third-order valence-corrected chi connectivity index (χ3v) is 10.4. The average molecular weight is 381 g/mol. The monoisotopic (exact) mass is 380 g/mol. The summed E-state index contributed by atoms with van der Waals surface area (Å²) in [4.78, 5) is 0. The molecule has 4 aliphatic rings. The minimum atomic E-state index is 0.670. The summed E-state index contributed by atoms with van der Waals surface area (Å²) in [5, 5.41) is 1.45. The van der Waals surface area contributed by atoms with Crippen molar-refractivity contribution in [1.29, 1.82) is 0 Å². The second-order valence-electron chi connectivity index (χ2n) is 10.0. The highest BCUT2D eigenvalue weighted by molar-refractivity contribution is 7.99. The summed E-state index contributed by atoms with van der Waals surface area (Å²) in [6.45, 7) is 4.65. The van der Waals surface area contributed by atoms with Crippen LogP contribution in [0.1, 0.15) is 84.5 Å². The van der Waals surface area contributed by atoms with Crippen molar-refractivity contribution < 1.29 is 0 Å². The van der Waals surface area contributed by atoms with Crippen LogP contribution >= 0.6 is 24.4 Å². The van der Waals surface area contributed by atoms with E-state index < -0.39 is 0 Å². The van der Waals surface area contributed by atoms with Crippen LogP contribution < -0.4 is 0 Å². The number of hydrogen-bond donors (Lipinski definition) is 1. The van der Waals surface area contributed by atoms with Crippen LogP contribution in [0, 0.1) is 41.4 Å². The summed E-state index contributed by atoms with van der Waals surface area (Å²) in [7, 11) is 0. The van der Waals surface area contributed by atoms with Crippen LogP contribution in [0.5, 0.6) is 0 Å². The zero-order chi connectivity index (χ0) is 17.4. The number of hydrogen-bond acceptors (Lipinski definition) is 2. The largest absolute Gasteiger partial charge is 0.176 e. The van der Waals surface area contributed by atoms with E-state index in [-0.39, 0.29) is 0 Å². The van der Waals surface area contributed by atoms with Crippen LogP contribution in [-0.4, -0.2) is 16.3 Å². The lowest BCUT2D eigenvalue weighted by atomic mass is 9.53. The Morgan fingerprint density at radius 1 is 0.760 bits per heavy atom. The highest BCUT2D eigenvalue weighted by Gasteiger charge is 2.51. The van der Waals surface area contributed by atoms with Gasteiger partial charge in [-0.15, -0.1) is 0 Å². The van der Waals surface area contributed by atoms with Gasteiger partial charge in [0.25, 0.3) is 0 Å². The van der Waals surface area contributed by atoms with E-state index in [9.17, 15) is 0 Å². The number of rotatable bonds is 5. The average Bonchev–Trinajstić information content (AvgIpc) is 3.05. The molecule has 4 saturated carbocycles. The Labute approximate surface area is 166 Å². The number of thioether (sulfide) groups is 1. The Hall–Kier alpha value is 0.700. The maximum absolute atomic E-state index is 5.12. The first-order valence-corrected chi connectivity index (χ1v) is 13.0. The van der Waals surface area contributed by atoms with E-state index in [4.69, 9.17) is 12.6 Å². The lowest BCUT2D eigenvalue weighted by Crippen LogP contribution is -2.44. The van der Waals surface area contributed by atoms with Crippen LogP contribution in [0.3, 0.4) is 0 Å². The summed E-state index contributed by atoms with van der Waals surface area (Å²) in [6, 6.07) is 0. The molecule has 0 aromatic rings. The first-order valence-electron chi connectivity index (χ1n) is 11.4. The molecule has 4 rings (SSSR count). The minimum Gasteiger partial charge on any atom is -0.176 e. The second kappa shape index (κ2) is 8.38. The Bertz CT molecular complexity index is 434. The van der Waals surface area contributed by atoms with Crippen LogP contribution in [0.4, 0.5) is 0 Å². The lowest BCUT2D eigenvalue weighted by Gasteiger charge is -2.52. The molecule has 0 radical (unpaired) electrons. The van der Waals surface area contributed by atoms with Crippen LogP contribution in [0.2, 0.25) is 0 Å². The molecule has 0 nitrogen and oxygen atoms in total. The molecule has 8 atom stereocenters. The first-order chi connectivity index (χ1) is 12.1. The van der Waals surface area contributed by atoms with E-state index in [0.717, 1.165) is 46.7 Å². The molecule has 0 N–H and O–H groups in total. The fourth-order valence-corrected chi connectivity index (χ4v) is 9.18. The van der Waals surface area contributed by atoms with Crippen LogP contribution in [0.25, 0.3) is 0 Å². The summed E-state index contributed by atoms with van der Waals surface area (Å²) < 4.78 is 0. The van der Waals surface area contributed by atoms with Gasteiger partial charge in [-0.05, 0) is 104 Å². The molecule has 0 aliphatic heterocycles. The van der Waals surface area contributed by atoms with Gasteiger partial charge in [-0.3, -0.25) is 0 Å². The fraction of sp³-hybridized carbons (Fsp3) is 1.00. The lowest BCUT2D eigenvalue weighted by molar-refractivity contribution is -0.0245. The molecule has 4 aliphatic carbocycles.